The van der Waals surface area contributed by atoms with Gasteiger partial charge in [-0.3, -0.25) is 9.58 Å². The number of likely N-dealkylation sites (tertiary alicyclic amines) is 1. The Kier molecular flexibility index (Phi) is 3.43. The molecule has 2 saturated heterocycles. The highest BCUT2D eigenvalue weighted by Gasteiger charge is 2.29. The van der Waals surface area contributed by atoms with Crippen LogP contribution in [0.15, 0.2) is 24.3 Å². The number of aryl methyl sites for hydroxylation is 1. The van der Waals surface area contributed by atoms with E-state index >= 15 is 0 Å². The lowest BCUT2D eigenvalue weighted by Crippen LogP contribution is -2.35. The summed E-state index contributed by atoms with van der Waals surface area (Å²) < 4.78 is 2.13. The zero-order valence-corrected chi connectivity index (χ0v) is 12.8. The SMILES string of the molecule is CCn1nc(CN2CCC3CCC(C2)N3)c2ccccc21. The van der Waals surface area contributed by atoms with Crippen molar-refractivity contribution >= 4 is 10.9 Å². The molecule has 2 bridgehead atoms. The summed E-state index contributed by atoms with van der Waals surface area (Å²) in [5, 5.41) is 9.93. The molecule has 112 valence electrons. The van der Waals surface area contributed by atoms with E-state index in [1.165, 1.54) is 48.9 Å². The minimum absolute atomic E-state index is 0.692. The van der Waals surface area contributed by atoms with Crippen LogP contribution in [0.5, 0.6) is 0 Å². The number of rotatable bonds is 3. The first-order chi connectivity index (χ1) is 10.3. The van der Waals surface area contributed by atoms with E-state index in [4.69, 9.17) is 5.10 Å². The maximum atomic E-state index is 4.85. The van der Waals surface area contributed by atoms with Crippen LogP contribution < -0.4 is 5.32 Å². The van der Waals surface area contributed by atoms with Gasteiger partial charge in [-0.1, -0.05) is 18.2 Å². The molecule has 2 aliphatic rings. The van der Waals surface area contributed by atoms with Gasteiger partial charge in [-0.05, 0) is 32.3 Å². The van der Waals surface area contributed by atoms with Crippen LogP contribution in [0.3, 0.4) is 0 Å². The fourth-order valence-corrected chi connectivity index (χ4v) is 3.92. The number of hydrogen-bond acceptors (Lipinski definition) is 3. The third-order valence-corrected chi connectivity index (χ3v) is 5.01. The van der Waals surface area contributed by atoms with E-state index < -0.39 is 0 Å². The highest BCUT2D eigenvalue weighted by Crippen LogP contribution is 2.24. The predicted molar refractivity (Wildman–Crippen MR) is 85.2 cm³/mol. The predicted octanol–water partition coefficient (Wildman–Crippen LogP) is 2.38. The van der Waals surface area contributed by atoms with Crippen molar-refractivity contribution in [3.05, 3.63) is 30.0 Å². The molecule has 2 fully saturated rings. The van der Waals surface area contributed by atoms with Gasteiger partial charge in [-0.2, -0.15) is 5.10 Å². The van der Waals surface area contributed by atoms with Crippen LogP contribution in [0, 0.1) is 0 Å². The van der Waals surface area contributed by atoms with Crippen molar-refractivity contribution in [2.75, 3.05) is 13.1 Å². The molecule has 0 spiro atoms. The van der Waals surface area contributed by atoms with Crippen LogP contribution in [0.1, 0.15) is 31.9 Å². The van der Waals surface area contributed by atoms with Crippen molar-refractivity contribution in [2.45, 2.75) is 51.4 Å². The van der Waals surface area contributed by atoms with Gasteiger partial charge in [0.15, 0.2) is 0 Å². The molecule has 1 N–H and O–H groups in total. The Hall–Kier alpha value is -1.39. The molecule has 2 unspecified atom stereocenters. The van der Waals surface area contributed by atoms with Crippen LogP contribution in [-0.2, 0) is 13.1 Å². The summed E-state index contributed by atoms with van der Waals surface area (Å²) in [6, 6.07) is 10.1. The lowest BCUT2D eigenvalue weighted by Gasteiger charge is -2.23. The zero-order chi connectivity index (χ0) is 14.2. The summed E-state index contributed by atoms with van der Waals surface area (Å²) in [7, 11) is 0. The van der Waals surface area contributed by atoms with Crippen molar-refractivity contribution < 1.29 is 0 Å². The second-order valence-electron chi connectivity index (χ2n) is 6.44. The summed E-state index contributed by atoms with van der Waals surface area (Å²) in [6.07, 6.45) is 3.99. The Morgan fingerprint density at radius 3 is 2.95 bits per heavy atom. The highest BCUT2D eigenvalue weighted by atomic mass is 15.3. The Bertz CT molecular complexity index is 633. The van der Waals surface area contributed by atoms with E-state index in [-0.39, 0.29) is 0 Å². The number of fused-ring (bicyclic) bond motifs is 3. The molecule has 1 aromatic carbocycles. The first-order valence-corrected chi connectivity index (χ1v) is 8.26. The molecule has 2 aliphatic heterocycles. The Morgan fingerprint density at radius 1 is 1.19 bits per heavy atom. The summed E-state index contributed by atoms with van der Waals surface area (Å²) in [6.45, 7) is 6.45. The lowest BCUT2D eigenvalue weighted by molar-refractivity contribution is 0.248. The second kappa shape index (κ2) is 5.43. The average molecular weight is 284 g/mol. The molecule has 21 heavy (non-hydrogen) atoms. The van der Waals surface area contributed by atoms with Crippen molar-refractivity contribution in [2.24, 2.45) is 0 Å². The van der Waals surface area contributed by atoms with Crippen LogP contribution in [0.4, 0.5) is 0 Å². The molecular formula is C17H24N4. The third kappa shape index (κ3) is 2.47. The summed E-state index contributed by atoms with van der Waals surface area (Å²) in [4.78, 5) is 2.59. The molecule has 1 aromatic heterocycles. The van der Waals surface area contributed by atoms with Crippen LogP contribution in [0.25, 0.3) is 10.9 Å². The van der Waals surface area contributed by atoms with Crippen molar-refractivity contribution in [3.8, 4) is 0 Å². The fraction of sp³-hybridized carbons (Fsp3) is 0.588. The number of benzene rings is 1. The molecule has 0 amide bonds. The summed E-state index contributed by atoms with van der Waals surface area (Å²) >= 11 is 0. The van der Waals surface area contributed by atoms with Gasteiger partial charge in [0.05, 0.1) is 11.2 Å². The van der Waals surface area contributed by atoms with E-state index in [9.17, 15) is 0 Å². The van der Waals surface area contributed by atoms with E-state index in [0.29, 0.717) is 6.04 Å². The molecule has 4 heteroatoms. The van der Waals surface area contributed by atoms with Gasteiger partial charge in [-0.25, -0.2) is 0 Å². The largest absolute Gasteiger partial charge is 0.310 e. The van der Waals surface area contributed by atoms with Gasteiger partial charge in [0.2, 0.25) is 0 Å². The maximum absolute atomic E-state index is 4.85. The number of nitrogens with zero attached hydrogens (tertiary/aromatic N) is 3. The molecular weight excluding hydrogens is 260 g/mol. The molecule has 0 saturated carbocycles. The number of aromatic nitrogens is 2. The topological polar surface area (TPSA) is 33.1 Å². The molecule has 0 radical (unpaired) electrons. The summed E-state index contributed by atoms with van der Waals surface area (Å²) in [5.74, 6) is 0. The average Bonchev–Trinajstić information content (AvgIpc) is 3.02. The number of para-hydroxylation sites is 1. The van der Waals surface area contributed by atoms with Gasteiger partial charge in [0.1, 0.15) is 0 Å². The van der Waals surface area contributed by atoms with Crippen molar-refractivity contribution in [1.29, 1.82) is 0 Å². The van der Waals surface area contributed by atoms with E-state index in [0.717, 1.165) is 19.1 Å². The van der Waals surface area contributed by atoms with Crippen LogP contribution in [-0.4, -0.2) is 39.9 Å². The highest BCUT2D eigenvalue weighted by molar-refractivity contribution is 5.81. The molecule has 4 rings (SSSR count). The van der Waals surface area contributed by atoms with Gasteiger partial charge in [0.25, 0.3) is 0 Å². The smallest absolute Gasteiger partial charge is 0.0843 e. The van der Waals surface area contributed by atoms with Crippen molar-refractivity contribution in [3.63, 3.8) is 0 Å². The molecule has 3 heterocycles. The summed E-state index contributed by atoms with van der Waals surface area (Å²) in [5.41, 5.74) is 2.51. The van der Waals surface area contributed by atoms with Gasteiger partial charge in [-0.15, -0.1) is 0 Å². The zero-order valence-electron chi connectivity index (χ0n) is 12.8. The first-order valence-electron chi connectivity index (χ1n) is 8.26. The molecule has 0 aliphatic carbocycles. The van der Waals surface area contributed by atoms with Crippen molar-refractivity contribution in [1.82, 2.24) is 20.0 Å². The van der Waals surface area contributed by atoms with Gasteiger partial charge >= 0.3 is 0 Å². The normalized spacial score (nSPS) is 26.3. The standard InChI is InChI=1S/C17H24N4/c1-2-21-17-6-4-3-5-15(17)16(19-21)12-20-10-9-13-7-8-14(11-20)18-13/h3-6,13-14,18H,2,7-12H2,1H3. The van der Waals surface area contributed by atoms with E-state index in [2.05, 4.69) is 46.1 Å². The van der Waals surface area contributed by atoms with Gasteiger partial charge in [0, 0.05) is 43.6 Å². The van der Waals surface area contributed by atoms with E-state index in [1.54, 1.807) is 0 Å². The molecule has 4 nitrogen and oxygen atoms in total. The molecule has 2 aromatic rings. The minimum Gasteiger partial charge on any atom is -0.310 e. The first kappa shape index (κ1) is 13.3. The van der Waals surface area contributed by atoms with Crippen LogP contribution in [0.2, 0.25) is 0 Å². The quantitative estimate of drug-likeness (QED) is 0.939. The lowest BCUT2D eigenvalue weighted by atomic mass is 10.1. The minimum atomic E-state index is 0.692. The van der Waals surface area contributed by atoms with E-state index in [1.807, 2.05) is 0 Å². The maximum Gasteiger partial charge on any atom is 0.0843 e. The van der Waals surface area contributed by atoms with Gasteiger partial charge < -0.3 is 5.32 Å². The Balaban J connectivity index is 1.59. The third-order valence-electron chi connectivity index (χ3n) is 5.01. The number of nitrogens with one attached hydrogen (secondary N) is 1. The fourth-order valence-electron chi connectivity index (χ4n) is 3.92. The second-order valence-corrected chi connectivity index (χ2v) is 6.44. The Labute approximate surface area is 126 Å². The number of hydrogen-bond donors (Lipinski definition) is 1. The Morgan fingerprint density at radius 2 is 2.05 bits per heavy atom. The molecule has 2 atom stereocenters. The monoisotopic (exact) mass is 284 g/mol. The van der Waals surface area contributed by atoms with Crippen LogP contribution >= 0.6 is 0 Å².